The molecular formula is C10H11N3. The van der Waals surface area contributed by atoms with Crippen LogP contribution in [-0.4, -0.2) is 16.5 Å². The van der Waals surface area contributed by atoms with Crippen LogP contribution in [0.1, 0.15) is 5.56 Å². The lowest BCUT2D eigenvalue weighted by atomic mass is 10.2. The van der Waals surface area contributed by atoms with E-state index in [2.05, 4.69) is 9.97 Å². The van der Waals surface area contributed by atoms with Crippen molar-refractivity contribution in [2.75, 3.05) is 6.54 Å². The van der Waals surface area contributed by atoms with Gasteiger partial charge in [0.1, 0.15) is 0 Å². The van der Waals surface area contributed by atoms with E-state index in [1.807, 2.05) is 24.4 Å². The average molecular weight is 173 g/mol. The molecule has 0 bridgehead atoms. The van der Waals surface area contributed by atoms with E-state index in [-0.39, 0.29) is 0 Å². The van der Waals surface area contributed by atoms with Crippen molar-refractivity contribution in [2.45, 2.75) is 6.42 Å². The van der Waals surface area contributed by atoms with E-state index in [0.717, 1.165) is 23.0 Å². The third-order valence-electron chi connectivity index (χ3n) is 1.94. The minimum absolute atomic E-state index is 0.653. The summed E-state index contributed by atoms with van der Waals surface area (Å²) in [7, 11) is 0. The second-order valence-corrected chi connectivity index (χ2v) is 2.92. The zero-order valence-electron chi connectivity index (χ0n) is 7.27. The first kappa shape index (κ1) is 8.13. The van der Waals surface area contributed by atoms with Crippen molar-refractivity contribution < 1.29 is 0 Å². The molecule has 0 amide bonds. The summed E-state index contributed by atoms with van der Waals surface area (Å²) in [4.78, 5) is 8.50. The Morgan fingerprint density at radius 2 is 2.15 bits per heavy atom. The second-order valence-electron chi connectivity index (χ2n) is 2.92. The molecule has 13 heavy (non-hydrogen) atoms. The highest BCUT2D eigenvalue weighted by molar-refractivity contribution is 5.73. The smallest absolute Gasteiger partial charge is 0.0889 e. The number of nitrogens with two attached hydrogens (primary N) is 1. The molecule has 0 fully saturated rings. The minimum Gasteiger partial charge on any atom is -0.330 e. The molecule has 0 aliphatic carbocycles. The van der Waals surface area contributed by atoms with Gasteiger partial charge >= 0.3 is 0 Å². The van der Waals surface area contributed by atoms with Crippen molar-refractivity contribution in [3.8, 4) is 0 Å². The SMILES string of the molecule is NCCc1cnc2cccnc2c1. The van der Waals surface area contributed by atoms with Gasteiger partial charge in [0.25, 0.3) is 0 Å². The molecule has 3 nitrogen and oxygen atoms in total. The predicted octanol–water partition coefficient (Wildman–Crippen LogP) is 1.13. The Labute approximate surface area is 76.6 Å². The van der Waals surface area contributed by atoms with E-state index in [0.29, 0.717) is 6.54 Å². The van der Waals surface area contributed by atoms with Crippen LogP contribution < -0.4 is 5.73 Å². The van der Waals surface area contributed by atoms with Crippen molar-refractivity contribution in [3.63, 3.8) is 0 Å². The summed E-state index contributed by atoms with van der Waals surface area (Å²) in [5.41, 5.74) is 8.48. The van der Waals surface area contributed by atoms with E-state index in [9.17, 15) is 0 Å². The van der Waals surface area contributed by atoms with Gasteiger partial charge in [-0.2, -0.15) is 0 Å². The summed E-state index contributed by atoms with van der Waals surface area (Å²) >= 11 is 0. The number of hydrogen-bond acceptors (Lipinski definition) is 3. The Morgan fingerprint density at radius 1 is 1.23 bits per heavy atom. The van der Waals surface area contributed by atoms with E-state index in [1.165, 1.54) is 0 Å². The van der Waals surface area contributed by atoms with Crippen LogP contribution in [-0.2, 0) is 6.42 Å². The predicted molar refractivity (Wildman–Crippen MR) is 52.3 cm³/mol. The van der Waals surface area contributed by atoms with Crippen LogP contribution >= 0.6 is 0 Å². The largest absolute Gasteiger partial charge is 0.330 e. The number of rotatable bonds is 2. The standard InChI is InChI=1S/C10H11N3/c11-4-3-8-6-10-9(13-7-8)2-1-5-12-10/h1-2,5-7H,3-4,11H2. The summed E-state index contributed by atoms with van der Waals surface area (Å²) in [6, 6.07) is 5.88. The molecule has 2 N–H and O–H groups in total. The van der Waals surface area contributed by atoms with Crippen molar-refractivity contribution in [2.24, 2.45) is 5.73 Å². The number of pyridine rings is 2. The van der Waals surface area contributed by atoms with Gasteiger partial charge in [-0.05, 0) is 36.7 Å². The van der Waals surface area contributed by atoms with Gasteiger partial charge in [0.15, 0.2) is 0 Å². The van der Waals surface area contributed by atoms with Crippen LogP contribution in [0, 0.1) is 0 Å². The van der Waals surface area contributed by atoms with Crippen LogP contribution in [0.3, 0.4) is 0 Å². The summed E-state index contributed by atoms with van der Waals surface area (Å²) in [5.74, 6) is 0. The maximum atomic E-state index is 5.46. The molecule has 0 aromatic carbocycles. The molecule has 3 heteroatoms. The van der Waals surface area contributed by atoms with Gasteiger partial charge in [0.05, 0.1) is 11.0 Å². The number of fused-ring (bicyclic) bond motifs is 1. The fraction of sp³-hybridized carbons (Fsp3) is 0.200. The maximum Gasteiger partial charge on any atom is 0.0889 e. The van der Waals surface area contributed by atoms with Gasteiger partial charge in [-0.3, -0.25) is 9.97 Å². The summed E-state index contributed by atoms with van der Waals surface area (Å²) < 4.78 is 0. The molecule has 2 aromatic rings. The van der Waals surface area contributed by atoms with E-state index in [1.54, 1.807) is 6.20 Å². The maximum absolute atomic E-state index is 5.46. The van der Waals surface area contributed by atoms with E-state index >= 15 is 0 Å². The number of hydrogen-bond donors (Lipinski definition) is 1. The van der Waals surface area contributed by atoms with Gasteiger partial charge in [0, 0.05) is 12.4 Å². The molecule has 0 saturated heterocycles. The Bertz CT molecular complexity index is 412. The highest BCUT2D eigenvalue weighted by Gasteiger charge is 1.96. The van der Waals surface area contributed by atoms with Gasteiger partial charge < -0.3 is 5.73 Å². The summed E-state index contributed by atoms with van der Waals surface area (Å²) in [6.07, 6.45) is 4.49. The van der Waals surface area contributed by atoms with Crippen LogP contribution in [0.5, 0.6) is 0 Å². The fourth-order valence-electron chi connectivity index (χ4n) is 1.30. The van der Waals surface area contributed by atoms with Gasteiger partial charge in [0.2, 0.25) is 0 Å². The van der Waals surface area contributed by atoms with E-state index < -0.39 is 0 Å². The molecule has 0 aliphatic rings. The van der Waals surface area contributed by atoms with Crippen molar-refractivity contribution in [3.05, 3.63) is 36.2 Å². The van der Waals surface area contributed by atoms with Gasteiger partial charge in [-0.1, -0.05) is 0 Å². The average Bonchev–Trinajstić information content (AvgIpc) is 2.18. The Kier molecular flexibility index (Phi) is 2.19. The van der Waals surface area contributed by atoms with Gasteiger partial charge in [-0.25, -0.2) is 0 Å². The van der Waals surface area contributed by atoms with E-state index in [4.69, 9.17) is 5.73 Å². The highest BCUT2D eigenvalue weighted by Crippen LogP contribution is 2.09. The quantitative estimate of drug-likeness (QED) is 0.740. The Balaban J connectivity index is 2.49. The molecule has 0 unspecified atom stereocenters. The monoisotopic (exact) mass is 173 g/mol. The third-order valence-corrected chi connectivity index (χ3v) is 1.94. The topological polar surface area (TPSA) is 51.8 Å². The molecule has 2 rings (SSSR count). The lowest BCUT2D eigenvalue weighted by molar-refractivity contribution is 0.962. The first-order chi connectivity index (χ1) is 6.40. The number of nitrogens with zero attached hydrogens (tertiary/aromatic N) is 2. The zero-order chi connectivity index (χ0) is 9.10. The zero-order valence-corrected chi connectivity index (χ0v) is 7.27. The third kappa shape index (κ3) is 1.65. The normalized spacial score (nSPS) is 10.5. The molecule has 0 spiro atoms. The van der Waals surface area contributed by atoms with Gasteiger partial charge in [-0.15, -0.1) is 0 Å². The fourth-order valence-corrected chi connectivity index (χ4v) is 1.30. The molecule has 2 aromatic heterocycles. The Morgan fingerprint density at radius 3 is 3.00 bits per heavy atom. The molecule has 0 aliphatic heterocycles. The molecule has 2 heterocycles. The van der Waals surface area contributed by atoms with Crippen molar-refractivity contribution in [1.82, 2.24) is 9.97 Å². The molecule has 0 atom stereocenters. The van der Waals surface area contributed by atoms with Crippen LogP contribution in [0.25, 0.3) is 11.0 Å². The van der Waals surface area contributed by atoms with Crippen molar-refractivity contribution in [1.29, 1.82) is 0 Å². The highest BCUT2D eigenvalue weighted by atomic mass is 14.7. The Hall–Kier alpha value is -1.48. The first-order valence-corrected chi connectivity index (χ1v) is 4.30. The lowest BCUT2D eigenvalue weighted by Gasteiger charge is -1.99. The molecular weight excluding hydrogens is 162 g/mol. The first-order valence-electron chi connectivity index (χ1n) is 4.30. The van der Waals surface area contributed by atoms with Crippen LogP contribution in [0.15, 0.2) is 30.6 Å². The van der Waals surface area contributed by atoms with Crippen LogP contribution in [0.4, 0.5) is 0 Å². The molecule has 0 saturated carbocycles. The summed E-state index contributed by atoms with van der Waals surface area (Å²) in [5, 5.41) is 0. The molecule has 66 valence electrons. The minimum atomic E-state index is 0.653. The van der Waals surface area contributed by atoms with Crippen LogP contribution in [0.2, 0.25) is 0 Å². The molecule has 0 radical (unpaired) electrons. The number of aromatic nitrogens is 2. The van der Waals surface area contributed by atoms with Crippen molar-refractivity contribution >= 4 is 11.0 Å². The summed E-state index contributed by atoms with van der Waals surface area (Å²) in [6.45, 7) is 0.653. The lowest BCUT2D eigenvalue weighted by Crippen LogP contribution is -2.03. The second kappa shape index (κ2) is 3.49.